The van der Waals surface area contributed by atoms with Gasteiger partial charge in [0.1, 0.15) is 17.2 Å². The van der Waals surface area contributed by atoms with Crippen LogP contribution in [-0.4, -0.2) is 38.0 Å². The standard InChI is InChI=1S/C25H24FN7OS2/c1-10-8-29-23(34-10)24-30-9-18(35-24)36-25-32-21(14-4-12-3-11(14)5-16(12)27)19-15-6-13(26)7-17(28-2)20(15)31-22(19)33-25/h6-9,11-12,14,16,28H,3-5,27H2,1-2H3,(H,31,32,33)/t11-,12-,14?,16-/m1/s1. The van der Waals surface area contributed by atoms with Gasteiger partial charge in [-0.15, -0.1) is 11.3 Å². The maximum absolute atomic E-state index is 14.6. The number of nitrogens with two attached hydrogens (primary N) is 1. The number of anilines is 1. The SMILES string of the molecule is CNc1cc(F)cc2c1[nH]c1nc(Sc3cnc(-c4ncc(C)o4)s3)nc(C3C[C@H]4C[C@@H]3C[C@H]4N)c12. The van der Waals surface area contributed by atoms with E-state index in [1.54, 1.807) is 25.5 Å². The summed E-state index contributed by atoms with van der Waals surface area (Å²) in [7, 11) is 1.79. The number of nitrogens with zero attached hydrogens (tertiary/aromatic N) is 4. The molecule has 4 atom stereocenters. The van der Waals surface area contributed by atoms with Gasteiger partial charge in [-0.25, -0.2) is 24.3 Å². The summed E-state index contributed by atoms with van der Waals surface area (Å²) in [4.78, 5) is 22.2. The lowest BCUT2D eigenvalue weighted by Crippen LogP contribution is -2.29. The third-order valence-electron chi connectivity index (χ3n) is 7.55. The number of nitrogens with one attached hydrogen (secondary N) is 2. The van der Waals surface area contributed by atoms with Crippen molar-refractivity contribution in [1.82, 2.24) is 24.9 Å². The molecule has 0 radical (unpaired) electrons. The van der Waals surface area contributed by atoms with E-state index >= 15 is 0 Å². The van der Waals surface area contributed by atoms with Crippen molar-refractivity contribution in [2.24, 2.45) is 17.6 Å². The van der Waals surface area contributed by atoms with E-state index in [0.717, 1.165) is 56.9 Å². The summed E-state index contributed by atoms with van der Waals surface area (Å²) in [5, 5.41) is 6.19. The van der Waals surface area contributed by atoms with Gasteiger partial charge in [0.15, 0.2) is 10.2 Å². The topological polar surface area (TPSA) is 119 Å². The molecule has 0 saturated heterocycles. The highest BCUT2D eigenvalue weighted by molar-refractivity contribution is 8.01. The molecule has 0 amide bonds. The van der Waals surface area contributed by atoms with Crippen molar-refractivity contribution in [2.75, 3.05) is 12.4 Å². The fraction of sp³-hybridized carbons (Fsp3) is 0.360. The first kappa shape index (κ1) is 22.2. The Kier molecular flexibility index (Phi) is 5.09. The van der Waals surface area contributed by atoms with Crippen LogP contribution in [0.3, 0.4) is 0 Å². The molecule has 1 unspecified atom stereocenters. The Bertz CT molecular complexity index is 1620. The van der Waals surface area contributed by atoms with Crippen LogP contribution in [0.1, 0.15) is 36.6 Å². The molecule has 2 saturated carbocycles. The summed E-state index contributed by atoms with van der Waals surface area (Å²) >= 11 is 2.96. The average Bonchev–Trinajstić information content (AvgIpc) is 3.66. The monoisotopic (exact) mass is 521 g/mol. The Morgan fingerprint density at radius 3 is 2.78 bits per heavy atom. The van der Waals surface area contributed by atoms with Crippen LogP contribution >= 0.6 is 23.1 Å². The van der Waals surface area contributed by atoms with Gasteiger partial charge >= 0.3 is 0 Å². The van der Waals surface area contributed by atoms with Crippen molar-refractivity contribution in [3.05, 3.63) is 41.8 Å². The molecule has 0 spiro atoms. The Morgan fingerprint density at radius 1 is 1.17 bits per heavy atom. The second kappa shape index (κ2) is 8.25. The van der Waals surface area contributed by atoms with Crippen LogP contribution in [0.5, 0.6) is 0 Å². The number of halogens is 1. The van der Waals surface area contributed by atoms with Crippen LogP contribution in [0, 0.1) is 24.6 Å². The van der Waals surface area contributed by atoms with Crippen molar-refractivity contribution in [3.63, 3.8) is 0 Å². The number of oxazole rings is 1. The minimum absolute atomic E-state index is 0.267. The van der Waals surface area contributed by atoms with Crippen LogP contribution in [0.4, 0.5) is 10.1 Å². The minimum Gasteiger partial charge on any atom is -0.440 e. The molecule has 5 aromatic rings. The summed E-state index contributed by atoms with van der Waals surface area (Å²) in [6.07, 6.45) is 6.64. The molecule has 2 bridgehead atoms. The van der Waals surface area contributed by atoms with Gasteiger partial charge in [-0.2, -0.15) is 0 Å². The van der Waals surface area contributed by atoms with Crippen molar-refractivity contribution in [1.29, 1.82) is 0 Å². The number of thiazole rings is 1. The lowest BCUT2D eigenvalue weighted by atomic mass is 9.83. The fourth-order valence-corrected chi connectivity index (χ4v) is 7.76. The van der Waals surface area contributed by atoms with Crippen LogP contribution < -0.4 is 11.1 Å². The molecule has 7 rings (SSSR count). The van der Waals surface area contributed by atoms with Gasteiger partial charge in [0.25, 0.3) is 5.89 Å². The number of benzene rings is 1. The fourth-order valence-electron chi connectivity index (χ4n) is 5.98. The Hall–Kier alpha value is -3.02. The zero-order valence-electron chi connectivity index (χ0n) is 19.7. The first-order valence-corrected chi connectivity index (χ1v) is 13.6. The number of hydrogen-bond donors (Lipinski definition) is 3. The predicted octanol–water partition coefficient (Wildman–Crippen LogP) is 5.70. The molecule has 2 aliphatic carbocycles. The van der Waals surface area contributed by atoms with Crippen molar-refractivity contribution in [3.8, 4) is 10.9 Å². The first-order valence-electron chi connectivity index (χ1n) is 12.0. The van der Waals surface area contributed by atoms with E-state index < -0.39 is 0 Å². The molecule has 0 aliphatic heterocycles. The number of aryl methyl sites for hydroxylation is 1. The van der Waals surface area contributed by atoms with E-state index in [-0.39, 0.29) is 17.8 Å². The summed E-state index contributed by atoms with van der Waals surface area (Å²) in [6, 6.07) is 3.35. The van der Waals surface area contributed by atoms with Crippen molar-refractivity contribution < 1.29 is 8.81 Å². The highest BCUT2D eigenvalue weighted by Crippen LogP contribution is 2.54. The lowest BCUT2D eigenvalue weighted by molar-refractivity contribution is 0.371. The molecule has 1 aromatic carbocycles. The van der Waals surface area contributed by atoms with Crippen molar-refractivity contribution in [2.45, 2.75) is 47.5 Å². The molecule has 2 aliphatic rings. The van der Waals surface area contributed by atoms with E-state index in [2.05, 4.69) is 20.3 Å². The third kappa shape index (κ3) is 3.52. The number of H-pyrrole nitrogens is 1. The molecular weight excluding hydrogens is 497 g/mol. The van der Waals surface area contributed by atoms with Crippen LogP contribution in [0.2, 0.25) is 0 Å². The van der Waals surface area contributed by atoms with Crippen LogP contribution in [-0.2, 0) is 0 Å². The zero-order chi connectivity index (χ0) is 24.6. The molecule has 184 valence electrons. The van der Waals surface area contributed by atoms with Gasteiger partial charge in [0.2, 0.25) is 0 Å². The quantitative estimate of drug-likeness (QED) is 0.252. The average molecular weight is 522 g/mol. The van der Waals surface area contributed by atoms with Gasteiger partial charge in [0.05, 0.1) is 33.5 Å². The van der Waals surface area contributed by atoms with Gasteiger partial charge in [-0.1, -0.05) is 0 Å². The third-order valence-corrected chi connectivity index (χ3v) is 9.50. The first-order chi connectivity index (χ1) is 17.5. The number of aromatic amines is 1. The largest absolute Gasteiger partial charge is 0.440 e. The van der Waals surface area contributed by atoms with E-state index in [0.29, 0.717) is 33.6 Å². The van der Waals surface area contributed by atoms with E-state index in [4.69, 9.17) is 20.1 Å². The second-order valence-corrected chi connectivity index (χ2v) is 12.0. The maximum atomic E-state index is 14.6. The summed E-state index contributed by atoms with van der Waals surface area (Å²) in [5.74, 6) is 2.26. The Balaban J connectivity index is 1.35. The Morgan fingerprint density at radius 2 is 2.06 bits per heavy atom. The summed E-state index contributed by atoms with van der Waals surface area (Å²) < 4.78 is 21.1. The summed E-state index contributed by atoms with van der Waals surface area (Å²) in [6.45, 7) is 1.86. The van der Waals surface area contributed by atoms with E-state index in [1.807, 2.05) is 6.92 Å². The van der Waals surface area contributed by atoms with Gasteiger partial charge in [-0.05, 0) is 61.9 Å². The predicted molar refractivity (Wildman–Crippen MR) is 139 cm³/mol. The molecule has 11 heteroatoms. The number of fused-ring (bicyclic) bond motifs is 5. The van der Waals surface area contributed by atoms with Crippen LogP contribution in [0.25, 0.3) is 32.8 Å². The molecule has 4 aromatic heterocycles. The molecule has 2 fully saturated rings. The molecule has 4 heterocycles. The minimum atomic E-state index is -0.286. The van der Waals surface area contributed by atoms with Crippen molar-refractivity contribution >= 4 is 50.7 Å². The normalized spacial score (nSPS) is 23.3. The molecular formula is C25H24FN7OS2. The number of hydrogen-bond acceptors (Lipinski definition) is 9. The molecule has 36 heavy (non-hydrogen) atoms. The lowest BCUT2D eigenvalue weighted by Gasteiger charge is -2.25. The number of aromatic nitrogens is 5. The van der Waals surface area contributed by atoms with Crippen LogP contribution in [0.15, 0.2) is 38.3 Å². The van der Waals surface area contributed by atoms with Gasteiger partial charge in [-0.3, -0.25) is 0 Å². The van der Waals surface area contributed by atoms with E-state index in [1.165, 1.54) is 29.2 Å². The smallest absolute Gasteiger partial charge is 0.256 e. The maximum Gasteiger partial charge on any atom is 0.256 e. The molecule has 4 N–H and O–H groups in total. The van der Waals surface area contributed by atoms with E-state index in [9.17, 15) is 4.39 Å². The highest BCUT2D eigenvalue weighted by atomic mass is 32.2. The van der Waals surface area contributed by atoms with Gasteiger partial charge in [0, 0.05) is 29.8 Å². The zero-order valence-corrected chi connectivity index (χ0v) is 21.3. The second-order valence-electron chi connectivity index (χ2n) is 9.73. The van der Waals surface area contributed by atoms with Gasteiger partial charge < -0.3 is 20.5 Å². The highest BCUT2D eigenvalue weighted by Gasteiger charge is 2.46. The molecule has 8 nitrogen and oxygen atoms in total. The number of rotatable bonds is 5. The summed E-state index contributed by atoms with van der Waals surface area (Å²) in [5.41, 5.74) is 9.62. The Labute approximate surface area is 214 Å².